The van der Waals surface area contributed by atoms with Crippen LogP contribution in [0, 0.1) is 5.92 Å². The van der Waals surface area contributed by atoms with Crippen LogP contribution in [-0.4, -0.2) is 38.7 Å². The van der Waals surface area contributed by atoms with Crippen LogP contribution in [0.1, 0.15) is 49.3 Å². The van der Waals surface area contributed by atoms with Crippen LogP contribution < -0.4 is 14.8 Å². The van der Waals surface area contributed by atoms with Gasteiger partial charge in [-0.25, -0.2) is 9.97 Å². The lowest BCUT2D eigenvalue weighted by atomic mass is 9.84. The Labute approximate surface area is 225 Å². The average Bonchev–Trinajstić information content (AvgIpc) is 3.53. The Morgan fingerprint density at radius 1 is 1.00 bits per heavy atom. The third-order valence-corrected chi connectivity index (χ3v) is 8.11. The van der Waals surface area contributed by atoms with Gasteiger partial charge in [0.15, 0.2) is 17.3 Å². The van der Waals surface area contributed by atoms with Crippen LogP contribution in [0.2, 0.25) is 0 Å². The van der Waals surface area contributed by atoms with Gasteiger partial charge < -0.3 is 14.8 Å². The standard InChI is InChI=1S/C29H28N4O4S/c34-24-15-29(35)38-27(24)14-21-10-11-30-28(33-21)12-18-4-7-20(8-5-18)31-16-22-2-1-3-23(32-22)19-6-9-25-26(13-19)37-17-36-25/h1-3,6,9-11,13-14,18,20,31H,4-5,7-8,12,15-17H2/b27-14-. The molecule has 1 aliphatic carbocycles. The number of hydrogen-bond acceptors (Lipinski definition) is 9. The number of carbonyl (C=O) groups is 2. The first-order valence-corrected chi connectivity index (χ1v) is 13.8. The Morgan fingerprint density at radius 2 is 1.87 bits per heavy atom. The Hall–Kier alpha value is -3.56. The molecule has 1 saturated carbocycles. The number of benzene rings is 1. The molecule has 2 fully saturated rings. The minimum absolute atomic E-state index is 0.0207. The molecule has 1 N–H and O–H groups in total. The van der Waals surface area contributed by atoms with Crippen molar-refractivity contribution >= 4 is 28.7 Å². The fourth-order valence-corrected chi connectivity index (χ4v) is 5.96. The van der Waals surface area contributed by atoms with Gasteiger partial charge in [-0.2, -0.15) is 0 Å². The largest absolute Gasteiger partial charge is 0.454 e. The van der Waals surface area contributed by atoms with Crippen molar-refractivity contribution in [2.45, 2.75) is 51.1 Å². The maximum Gasteiger partial charge on any atom is 0.231 e. The van der Waals surface area contributed by atoms with E-state index in [2.05, 4.69) is 21.4 Å². The minimum atomic E-state index is -0.124. The first-order valence-electron chi connectivity index (χ1n) is 13.0. The molecule has 4 heterocycles. The van der Waals surface area contributed by atoms with Crippen molar-refractivity contribution in [3.05, 3.63) is 70.8 Å². The molecule has 6 rings (SSSR count). The Balaban J connectivity index is 1.00. The zero-order chi connectivity index (χ0) is 25.9. The molecule has 0 bridgehead atoms. The second kappa shape index (κ2) is 11.0. The molecule has 3 aliphatic rings. The third kappa shape index (κ3) is 5.79. The molecule has 38 heavy (non-hydrogen) atoms. The van der Waals surface area contributed by atoms with Crippen molar-refractivity contribution < 1.29 is 19.1 Å². The summed E-state index contributed by atoms with van der Waals surface area (Å²) in [5, 5.41) is 3.59. The molecular formula is C29H28N4O4S. The highest BCUT2D eigenvalue weighted by atomic mass is 32.2. The van der Waals surface area contributed by atoms with Crippen molar-refractivity contribution in [1.82, 2.24) is 20.3 Å². The molecule has 0 atom stereocenters. The number of nitrogens with one attached hydrogen (secondary N) is 1. The number of rotatable bonds is 7. The molecule has 2 aliphatic heterocycles. The molecule has 1 aromatic carbocycles. The first kappa shape index (κ1) is 24.8. The molecule has 9 heteroatoms. The van der Waals surface area contributed by atoms with Gasteiger partial charge in [0.05, 0.1) is 28.4 Å². The van der Waals surface area contributed by atoms with Crippen molar-refractivity contribution in [2.24, 2.45) is 5.92 Å². The number of nitrogens with zero attached hydrogens (tertiary/aromatic N) is 3. The lowest BCUT2D eigenvalue weighted by Crippen LogP contribution is -2.33. The normalized spacial score (nSPS) is 21.8. The number of aromatic nitrogens is 3. The molecular weight excluding hydrogens is 500 g/mol. The minimum Gasteiger partial charge on any atom is -0.454 e. The van der Waals surface area contributed by atoms with E-state index >= 15 is 0 Å². The van der Waals surface area contributed by atoms with Gasteiger partial charge in [0.2, 0.25) is 11.9 Å². The van der Waals surface area contributed by atoms with Gasteiger partial charge in [-0.15, -0.1) is 0 Å². The molecule has 0 unspecified atom stereocenters. The van der Waals surface area contributed by atoms with Crippen LogP contribution in [0.4, 0.5) is 0 Å². The summed E-state index contributed by atoms with van der Waals surface area (Å²) in [4.78, 5) is 37.8. The van der Waals surface area contributed by atoms with Crippen molar-refractivity contribution in [3.63, 3.8) is 0 Å². The van der Waals surface area contributed by atoms with Gasteiger partial charge in [0.1, 0.15) is 5.82 Å². The smallest absolute Gasteiger partial charge is 0.231 e. The summed E-state index contributed by atoms with van der Waals surface area (Å²) in [5.41, 5.74) is 3.64. The number of Topliss-reactive ketones (excluding diaryl/α,β-unsaturated/α-hetero) is 1. The van der Waals surface area contributed by atoms with Gasteiger partial charge in [-0.05, 0) is 85.8 Å². The monoisotopic (exact) mass is 528 g/mol. The van der Waals surface area contributed by atoms with E-state index in [1.54, 1.807) is 18.3 Å². The zero-order valence-corrected chi connectivity index (χ0v) is 21.7. The summed E-state index contributed by atoms with van der Waals surface area (Å²) >= 11 is 1.01. The number of fused-ring (bicyclic) bond motifs is 1. The predicted octanol–water partition coefficient (Wildman–Crippen LogP) is 4.73. The predicted molar refractivity (Wildman–Crippen MR) is 144 cm³/mol. The van der Waals surface area contributed by atoms with E-state index in [0.717, 1.165) is 84.7 Å². The Bertz CT molecular complexity index is 1400. The number of allylic oxidation sites excluding steroid dienone is 1. The number of thioether (sulfide) groups is 1. The maximum atomic E-state index is 11.9. The van der Waals surface area contributed by atoms with Gasteiger partial charge in [0.25, 0.3) is 0 Å². The second-order valence-corrected chi connectivity index (χ2v) is 11.0. The van der Waals surface area contributed by atoms with Crippen LogP contribution in [0.25, 0.3) is 17.3 Å². The molecule has 0 radical (unpaired) electrons. The number of pyridine rings is 1. The first-order chi connectivity index (χ1) is 18.6. The Morgan fingerprint density at radius 3 is 2.71 bits per heavy atom. The fraction of sp³-hybridized carbons (Fsp3) is 0.345. The van der Waals surface area contributed by atoms with Gasteiger partial charge in [-0.1, -0.05) is 6.07 Å². The lowest BCUT2D eigenvalue weighted by Gasteiger charge is -2.29. The SMILES string of the molecule is O=C1CC(=O)/C(=C/c2ccnc(CC3CCC(NCc4cccc(-c5ccc6c(c5)OCO6)n4)CC3)n2)S1. The third-order valence-electron chi connectivity index (χ3n) is 7.17. The van der Waals surface area contributed by atoms with Crippen LogP contribution in [0.3, 0.4) is 0 Å². The van der Waals surface area contributed by atoms with Crippen LogP contribution in [0.15, 0.2) is 53.6 Å². The van der Waals surface area contributed by atoms with E-state index < -0.39 is 0 Å². The zero-order valence-electron chi connectivity index (χ0n) is 20.9. The van der Waals surface area contributed by atoms with Crippen LogP contribution in [-0.2, 0) is 22.6 Å². The lowest BCUT2D eigenvalue weighted by molar-refractivity contribution is -0.119. The van der Waals surface area contributed by atoms with Crippen molar-refractivity contribution in [2.75, 3.05) is 6.79 Å². The van der Waals surface area contributed by atoms with E-state index in [-0.39, 0.29) is 24.1 Å². The second-order valence-electron chi connectivity index (χ2n) is 9.87. The van der Waals surface area contributed by atoms with E-state index in [1.807, 2.05) is 30.3 Å². The highest BCUT2D eigenvalue weighted by Crippen LogP contribution is 2.35. The highest BCUT2D eigenvalue weighted by molar-refractivity contribution is 8.18. The summed E-state index contributed by atoms with van der Waals surface area (Å²) in [7, 11) is 0. The molecule has 3 aromatic rings. The molecule has 194 valence electrons. The van der Waals surface area contributed by atoms with Gasteiger partial charge >= 0.3 is 0 Å². The molecule has 0 amide bonds. The summed E-state index contributed by atoms with van der Waals surface area (Å²) in [6.07, 6.45) is 8.67. The van der Waals surface area contributed by atoms with Crippen LogP contribution >= 0.6 is 11.8 Å². The number of ether oxygens (including phenoxy) is 2. The van der Waals surface area contributed by atoms with Crippen LogP contribution in [0.5, 0.6) is 11.5 Å². The number of ketones is 1. The topological polar surface area (TPSA) is 103 Å². The average molecular weight is 529 g/mol. The van der Waals surface area contributed by atoms with Gasteiger partial charge in [0, 0.05) is 30.8 Å². The number of carbonyl (C=O) groups excluding carboxylic acids is 2. The summed E-state index contributed by atoms with van der Waals surface area (Å²) in [6, 6.07) is 14.3. The maximum absolute atomic E-state index is 11.9. The molecule has 1 saturated heterocycles. The van der Waals surface area contributed by atoms with E-state index in [4.69, 9.17) is 14.5 Å². The van der Waals surface area contributed by atoms with Crippen molar-refractivity contribution in [1.29, 1.82) is 0 Å². The van der Waals surface area contributed by atoms with Crippen molar-refractivity contribution in [3.8, 4) is 22.8 Å². The fourth-order valence-electron chi connectivity index (χ4n) is 5.14. The molecule has 2 aromatic heterocycles. The van der Waals surface area contributed by atoms with E-state index in [9.17, 15) is 9.59 Å². The molecule has 0 spiro atoms. The van der Waals surface area contributed by atoms with Gasteiger partial charge in [-0.3, -0.25) is 14.6 Å². The summed E-state index contributed by atoms with van der Waals surface area (Å²) in [5.74, 6) is 2.74. The Kier molecular flexibility index (Phi) is 7.20. The van der Waals surface area contributed by atoms with E-state index in [0.29, 0.717) is 22.6 Å². The number of hydrogen-bond donors (Lipinski definition) is 1. The van der Waals surface area contributed by atoms with E-state index in [1.165, 1.54) is 0 Å². The summed E-state index contributed by atoms with van der Waals surface area (Å²) in [6.45, 7) is 0.993. The molecule has 8 nitrogen and oxygen atoms in total. The summed E-state index contributed by atoms with van der Waals surface area (Å²) < 4.78 is 10.9. The highest BCUT2D eigenvalue weighted by Gasteiger charge is 2.26. The quantitative estimate of drug-likeness (QED) is 0.344.